The Bertz CT molecular complexity index is 139. The third-order valence-corrected chi connectivity index (χ3v) is 5.82. The van der Waals surface area contributed by atoms with Gasteiger partial charge >= 0.3 is 8.56 Å². The second-order valence-corrected chi connectivity index (χ2v) is 7.68. The van der Waals surface area contributed by atoms with Gasteiger partial charge in [0, 0.05) is 13.2 Å². The first-order valence-electron chi connectivity index (χ1n) is 6.07. The van der Waals surface area contributed by atoms with Crippen molar-refractivity contribution in [1.82, 2.24) is 0 Å². The van der Waals surface area contributed by atoms with Crippen molar-refractivity contribution < 1.29 is 8.85 Å². The van der Waals surface area contributed by atoms with E-state index in [1.54, 1.807) is 0 Å². The number of rotatable bonds is 10. The molecule has 0 atom stereocenters. The van der Waals surface area contributed by atoms with E-state index in [9.17, 15) is 0 Å². The molecule has 0 amide bonds. The summed E-state index contributed by atoms with van der Waals surface area (Å²) in [5.74, 6) is 1.01. The molecule has 0 bridgehead atoms. The second-order valence-electron chi connectivity index (χ2n) is 3.89. The third kappa shape index (κ3) is 8.31. The average Bonchev–Trinajstić information content (AvgIpc) is 2.18. The van der Waals surface area contributed by atoms with Crippen molar-refractivity contribution in [1.29, 1.82) is 0 Å². The summed E-state index contributed by atoms with van der Waals surface area (Å²) in [7, 11) is -1.83. The fraction of sp³-hybridized carbons (Fsp3) is 1.00. The van der Waals surface area contributed by atoms with Crippen LogP contribution in [0.1, 0.15) is 39.5 Å². The van der Waals surface area contributed by atoms with Crippen molar-refractivity contribution in [2.45, 2.75) is 52.1 Å². The van der Waals surface area contributed by atoms with Crippen LogP contribution in [0.15, 0.2) is 0 Å². The van der Waals surface area contributed by atoms with Gasteiger partial charge < -0.3 is 8.85 Å². The molecule has 0 spiro atoms. The zero-order chi connectivity index (χ0) is 11.6. The second kappa shape index (κ2) is 9.69. The smallest absolute Gasteiger partial charge is 0.334 e. The average molecular weight is 250 g/mol. The lowest BCUT2D eigenvalue weighted by molar-refractivity contribution is 0.188. The molecule has 0 N–H and O–H groups in total. The van der Waals surface area contributed by atoms with Gasteiger partial charge in [-0.2, -0.15) is 12.6 Å². The molecule has 0 saturated carbocycles. The van der Waals surface area contributed by atoms with E-state index in [4.69, 9.17) is 8.85 Å². The predicted octanol–water partition coefficient (Wildman–Crippen LogP) is 3.62. The molecule has 0 radical (unpaired) electrons. The predicted molar refractivity (Wildman–Crippen MR) is 72.0 cm³/mol. The standard InChI is InChI=1S/C11H26O2SSi/c1-4-12-15(3,13-5-2)11-9-7-6-8-10-14/h14H,4-11H2,1-3H3. The van der Waals surface area contributed by atoms with Crippen LogP contribution in [0.25, 0.3) is 0 Å². The van der Waals surface area contributed by atoms with Gasteiger partial charge in [0.2, 0.25) is 0 Å². The maximum atomic E-state index is 5.78. The van der Waals surface area contributed by atoms with Crippen LogP contribution in [0.4, 0.5) is 0 Å². The zero-order valence-corrected chi connectivity index (χ0v) is 12.3. The highest BCUT2D eigenvalue weighted by molar-refractivity contribution is 7.80. The number of hydrogen-bond acceptors (Lipinski definition) is 3. The lowest BCUT2D eigenvalue weighted by atomic mass is 10.2. The third-order valence-electron chi connectivity index (χ3n) is 2.44. The van der Waals surface area contributed by atoms with Gasteiger partial charge in [0.25, 0.3) is 0 Å². The van der Waals surface area contributed by atoms with Crippen molar-refractivity contribution in [3.05, 3.63) is 0 Å². The molecular formula is C11H26O2SSi. The van der Waals surface area contributed by atoms with E-state index >= 15 is 0 Å². The summed E-state index contributed by atoms with van der Waals surface area (Å²) in [4.78, 5) is 0. The van der Waals surface area contributed by atoms with E-state index in [-0.39, 0.29) is 0 Å². The fourth-order valence-corrected chi connectivity index (χ4v) is 4.42. The van der Waals surface area contributed by atoms with Crippen LogP contribution in [0, 0.1) is 0 Å². The minimum Gasteiger partial charge on any atom is -0.395 e. The molecule has 0 aromatic carbocycles. The SMILES string of the molecule is CCO[Si](C)(CCCCCCS)OCC. The van der Waals surface area contributed by atoms with Gasteiger partial charge in [0.15, 0.2) is 0 Å². The largest absolute Gasteiger partial charge is 0.395 e. The van der Waals surface area contributed by atoms with E-state index in [1.807, 2.05) is 13.8 Å². The summed E-state index contributed by atoms with van der Waals surface area (Å²) < 4.78 is 11.6. The summed E-state index contributed by atoms with van der Waals surface area (Å²) in [5.41, 5.74) is 0. The molecule has 15 heavy (non-hydrogen) atoms. The molecule has 0 rings (SSSR count). The zero-order valence-electron chi connectivity index (χ0n) is 10.4. The van der Waals surface area contributed by atoms with Crippen molar-refractivity contribution in [3.63, 3.8) is 0 Å². The molecule has 0 heterocycles. The molecule has 0 aliphatic rings. The van der Waals surface area contributed by atoms with Crippen LogP contribution < -0.4 is 0 Å². The van der Waals surface area contributed by atoms with Gasteiger partial charge in [-0.15, -0.1) is 0 Å². The van der Waals surface area contributed by atoms with Crippen LogP contribution in [-0.2, 0) is 8.85 Å². The Kier molecular flexibility index (Phi) is 10.0. The molecule has 4 heteroatoms. The van der Waals surface area contributed by atoms with Crippen molar-refractivity contribution in [2.24, 2.45) is 0 Å². The minimum absolute atomic E-state index is 0.777. The molecule has 0 saturated heterocycles. The Hall–Kier alpha value is 0.487. The van der Waals surface area contributed by atoms with Crippen LogP contribution in [0.2, 0.25) is 12.6 Å². The van der Waals surface area contributed by atoms with Crippen LogP contribution in [-0.4, -0.2) is 27.5 Å². The molecule has 2 nitrogen and oxygen atoms in total. The van der Waals surface area contributed by atoms with Gasteiger partial charge in [-0.05, 0) is 38.6 Å². The van der Waals surface area contributed by atoms with Crippen LogP contribution in [0.5, 0.6) is 0 Å². The first kappa shape index (κ1) is 15.5. The van der Waals surface area contributed by atoms with Gasteiger partial charge in [0.05, 0.1) is 0 Å². The highest BCUT2D eigenvalue weighted by Gasteiger charge is 2.29. The summed E-state index contributed by atoms with van der Waals surface area (Å²) in [6.45, 7) is 7.83. The van der Waals surface area contributed by atoms with Crippen molar-refractivity contribution in [3.8, 4) is 0 Å². The fourth-order valence-electron chi connectivity index (χ4n) is 1.71. The highest BCUT2D eigenvalue weighted by Crippen LogP contribution is 2.18. The Morgan fingerprint density at radius 1 is 0.933 bits per heavy atom. The summed E-state index contributed by atoms with van der Waals surface area (Å²) in [5, 5.41) is 0. The van der Waals surface area contributed by atoms with Gasteiger partial charge in [0.1, 0.15) is 0 Å². The summed E-state index contributed by atoms with van der Waals surface area (Å²) >= 11 is 4.21. The molecule has 0 unspecified atom stereocenters. The van der Waals surface area contributed by atoms with E-state index in [0.29, 0.717) is 0 Å². The number of hydrogen-bond donors (Lipinski definition) is 1. The molecule has 0 aliphatic carbocycles. The van der Waals surface area contributed by atoms with Crippen molar-refractivity contribution >= 4 is 21.2 Å². The Morgan fingerprint density at radius 2 is 1.47 bits per heavy atom. The van der Waals surface area contributed by atoms with Crippen LogP contribution in [0.3, 0.4) is 0 Å². The first-order valence-corrected chi connectivity index (χ1v) is 9.23. The molecule has 0 aliphatic heterocycles. The van der Waals surface area contributed by atoms with Gasteiger partial charge in [-0.1, -0.05) is 19.3 Å². The lowest BCUT2D eigenvalue weighted by Gasteiger charge is -2.25. The monoisotopic (exact) mass is 250 g/mol. The highest BCUT2D eigenvalue weighted by atomic mass is 32.1. The Balaban J connectivity index is 3.65. The van der Waals surface area contributed by atoms with Gasteiger partial charge in [-0.3, -0.25) is 0 Å². The molecule has 0 fully saturated rings. The van der Waals surface area contributed by atoms with E-state index in [0.717, 1.165) is 25.0 Å². The molecule has 0 aromatic heterocycles. The first-order chi connectivity index (χ1) is 7.18. The topological polar surface area (TPSA) is 18.5 Å². The maximum absolute atomic E-state index is 5.78. The van der Waals surface area contributed by atoms with E-state index < -0.39 is 8.56 Å². The minimum atomic E-state index is -1.83. The molecule has 0 aromatic rings. The Morgan fingerprint density at radius 3 is 1.93 bits per heavy atom. The number of unbranched alkanes of at least 4 members (excludes halogenated alkanes) is 3. The van der Waals surface area contributed by atoms with Crippen molar-refractivity contribution in [2.75, 3.05) is 19.0 Å². The van der Waals surface area contributed by atoms with Gasteiger partial charge in [-0.25, -0.2) is 0 Å². The molecule has 92 valence electrons. The summed E-state index contributed by atoms with van der Waals surface area (Å²) in [6, 6.07) is 1.13. The Labute approximate surface area is 101 Å². The number of thiol groups is 1. The molecular weight excluding hydrogens is 224 g/mol. The lowest BCUT2D eigenvalue weighted by Crippen LogP contribution is -2.38. The quantitative estimate of drug-likeness (QED) is 0.363. The van der Waals surface area contributed by atoms with Crippen LogP contribution >= 0.6 is 12.6 Å². The summed E-state index contributed by atoms with van der Waals surface area (Å²) in [6.07, 6.45) is 5.02. The maximum Gasteiger partial charge on any atom is 0.334 e. The van der Waals surface area contributed by atoms with E-state index in [2.05, 4.69) is 19.2 Å². The van der Waals surface area contributed by atoms with E-state index in [1.165, 1.54) is 25.7 Å². The normalized spacial score (nSPS) is 12.0.